The number of carboxylic acids is 1. The van der Waals surface area contributed by atoms with Crippen molar-refractivity contribution in [3.63, 3.8) is 0 Å². The number of halogens is 1. The van der Waals surface area contributed by atoms with E-state index in [9.17, 15) is 9.59 Å². The van der Waals surface area contributed by atoms with E-state index < -0.39 is 5.97 Å². The molecule has 9 heteroatoms. The summed E-state index contributed by atoms with van der Waals surface area (Å²) < 4.78 is 4.26. The van der Waals surface area contributed by atoms with E-state index in [2.05, 4.69) is 26.1 Å². The summed E-state index contributed by atoms with van der Waals surface area (Å²) >= 11 is 3.44. The van der Waals surface area contributed by atoms with Gasteiger partial charge in [-0.25, -0.2) is 4.40 Å². The number of aliphatic carboxylic acids is 1. The summed E-state index contributed by atoms with van der Waals surface area (Å²) in [7, 11) is 3.75. The minimum atomic E-state index is -0.879. The molecule has 4 aromatic rings. The van der Waals surface area contributed by atoms with Crippen molar-refractivity contribution in [1.29, 1.82) is 0 Å². The van der Waals surface area contributed by atoms with E-state index in [1.54, 1.807) is 22.8 Å². The van der Waals surface area contributed by atoms with Crippen LogP contribution in [0.25, 0.3) is 16.7 Å². The van der Waals surface area contributed by atoms with Crippen LogP contribution < -0.4 is 10.5 Å². The minimum absolute atomic E-state index is 0.0369. The highest BCUT2D eigenvalue weighted by atomic mass is 79.9. The van der Waals surface area contributed by atoms with Gasteiger partial charge < -0.3 is 10.0 Å². The standard InChI is InChI=1S/C20H18BrN5O3/c1-24(2)19-22-23-20-25(11-13-5-3-12(4-6-13)9-17(27)28)18(29)15-10-14(21)7-8-16(15)26(19)20/h3-8,10H,9,11H2,1-2H3,(H,27,28). The molecule has 148 valence electrons. The first-order valence-corrected chi connectivity index (χ1v) is 9.68. The van der Waals surface area contributed by atoms with Gasteiger partial charge in [0.15, 0.2) is 0 Å². The number of carbonyl (C=O) groups is 1. The van der Waals surface area contributed by atoms with E-state index in [0.717, 1.165) is 15.6 Å². The lowest BCUT2D eigenvalue weighted by molar-refractivity contribution is -0.136. The Morgan fingerprint density at radius 3 is 2.45 bits per heavy atom. The molecule has 2 aromatic heterocycles. The van der Waals surface area contributed by atoms with Gasteiger partial charge in [0.1, 0.15) is 0 Å². The molecule has 0 amide bonds. The molecule has 2 aromatic carbocycles. The lowest BCUT2D eigenvalue weighted by Gasteiger charge is -2.14. The predicted molar refractivity (Wildman–Crippen MR) is 114 cm³/mol. The fourth-order valence-electron chi connectivity index (χ4n) is 3.32. The van der Waals surface area contributed by atoms with Crippen molar-refractivity contribution in [3.05, 3.63) is 68.4 Å². The quantitative estimate of drug-likeness (QED) is 0.496. The highest BCUT2D eigenvalue weighted by molar-refractivity contribution is 9.10. The Hall–Kier alpha value is -3.20. The van der Waals surface area contributed by atoms with Gasteiger partial charge in [0.25, 0.3) is 5.56 Å². The van der Waals surface area contributed by atoms with Crippen molar-refractivity contribution in [3.8, 4) is 0 Å². The van der Waals surface area contributed by atoms with Crippen LogP contribution in [-0.2, 0) is 17.8 Å². The number of anilines is 1. The monoisotopic (exact) mass is 455 g/mol. The van der Waals surface area contributed by atoms with Gasteiger partial charge in [-0.15, -0.1) is 10.2 Å². The third kappa shape index (κ3) is 3.49. The maximum atomic E-state index is 13.3. The van der Waals surface area contributed by atoms with Crippen molar-refractivity contribution in [2.75, 3.05) is 19.0 Å². The Kier molecular flexibility index (Phi) is 4.83. The van der Waals surface area contributed by atoms with Gasteiger partial charge in [0, 0.05) is 18.6 Å². The van der Waals surface area contributed by atoms with Gasteiger partial charge in [-0.2, -0.15) is 0 Å². The van der Waals surface area contributed by atoms with Gasteiger partial charge in [0.2, 0.25) is 11.7 Å². The fourth-order valence-corrected chi connectivity index (χ4v) is 3.68. The van der Waals surface area contributed by atoms with E-state index >= 15 is 0 Å². The van der Waals surface area contributed by atoms with Gasteiger partial charge in [0.05, 0.1) is 23.9 Å². The summed E-state index contributed by atoms with van der Waals surface area (Å²) in [5.74, 6) is 0.191. The Morgan fingerprint density at radius 2 is 1.79 bits per heavy atom. The highest BCUT2D eigenvalue weighted by Crippen LogP contribution is 2.22. The summed E-state index contributed by atoms with van der Waals surface area (Å²) in [6.45, 7) is 0.295. The van der Waals surface area contributed by atoms with Crippen molar-refractivity contribution in [1.82, 2.24) is 19.2 Å². The summed E-state index contributed by atoms with van der Waals surface area (Å²) in [4.78, 5) is 26.0. The van der Waals surface area contributed by atoms with E-state index in [1.165, 1.54) is 0 Å². The zero-order valence-electron chi connectivity index (χ0n) is 15.8. The molecule has 8 nitrogen and oxygen atoms in total. The number of hydrogen-bond acceptors (Lipinski definition) is 5. The first kappa shape index (κ1) is 19.1. The number of nitrogens with zero attached hydrogens (tertiary/aromatic N) is 5. The van der Waals surface area contributed by atoms with Crippen LogP contribution in [0.2, 0.25) is 0 Å². The number of carboxylic acid groups (broad SMARTS) is 1. The maximum Gasteiger partial charge on any atom is 0.307 e. The molecular formula is C20H18BrN5O3. The van der Waals surface area contributed by atoms with Crippen LogP contribution >= 0.6 is 15.9 Å². The zero-order valence-corrected chi connectivity index (χ0v) is 17.4. The van der Waals surface area contributed by atoms with Gasteiger partial charge in [-0.1, -0.05) is 40.2 Å². The lowest BCUT2D eigenvalue weighted by Crippen LogP contribution is -2.24. The molecule has 0 atom stereocenters. The Labute approximate surface area is 174 Å². The second kappa shape index (κ2) is 7.32. The second-order valence-electron chi connectivity index (χ2n) is 6.97. The minimum Gasteiger partial charge on any atom is -0.481 e. The summed E-state index contributed by atoms with van der Waals surface area (Å²) in [6.07, 6.45) is -0.0369. The summed E-state index contributed by atoms with van der Waals surface area (Å²) in [5.41, 5.74) is 2.14. The molecular weight excluding hydrogens is 438 g/mol. The molecule has 0 radical (unpaired) electrons. The van der Waals surface area contributed by atoms with Crippen molar-refractivity contribution in [2.45, 2.75) is 13.0 Å². The number of hydrogen-bond donors (Lipinski definition) is 1. The predicted octanol–water partition coefficient (Wildman–Crippen LogP) is 2.55. The van der Waals surface area contributed by atoms with E-state index in [1.807, 2.05) is 47.7 Å². The number of rotatable bonds is 5. The van der Waals surface area contributed by atoms with E-state index in [4.69, 9.17) is 5.11 Å². The molecule has 29 heavy (non-hydrogen) atoms. The first-order chi connectivity index (χ1) is 13.8. The molecule has 0 spiro atoms. The van der Waals surface area contributed by atoms with Crippen LogP contribution in [0.15, 0.2) is 51.7 Å². The van der Waals surface area contributed by atoms with E-state index in [-0.39, 0.29) is 12.0 Å². The summed E-state index contributed by atoms with van der Waals surface area (Å²) in [6, 6.07) is 12.7. The highest BCUT2D eigenvalue weighted by Gasteiger charge is 2.18. The average Bonchev–Trinajstić information content (AvgIpc) is 3.11. The van der Waals surface area contributed by atoms with Crippen LogP contribution in [0, 0.1) is 0 Å². The first-order valence-electron chi connectivity index (χ1n) is 8.89. The average molecular weight is 456 g/mol. The van der Waals surface area contributed by atoms with Gasteiger partial charge >= 0.3 is 5.97 Å². The normalized spacial score (nSPS) is 11.3. The smallest absolute Gasteiger partial charge is 0.307 e. The Bertz CT molecular complexity index is 1290. The molecule has 0 aliphatic rings. The van der Waals surface area contributed by atoms with Crippen molar-refractivity contribution in [2.24, 2.45) is 0 Å². The molecule has 0 unspecified atom stereocenters. The number of benzene rings is 2. The third-order valence-corrected chi connectivity index (χ3v) is 5.16. The van der Waals surface area contributed by atoms with E-state index in [0.29, 0.717) is 29.2 Å². The zero-order chi connectivity index (χ0) is 20.7. The largest absolute Gasteiger partial charge is 0.481 e. The van der Waals surface area contributed by atoms with Crippen LogP contribution in [0.1, 0.15) is 11.1 Å². The van der Waals surface area contributed by atoms with Gasteiger partial charge in [-0.3, -0.25) is 14.2 Å². The van der Waals surface area contributed by atoms with Crippen LogP contribution in [0.5, 0.6) is 0 Å². The fraction of sp³-hybridized carbons (Fsp3) is 0.200. The van der Waals surface area contributed by atoms with Gasteiger partial charge in [-0.05, 0) is 29.3 Å². The molecule has 0 aliphatic carbocycles. The van der Waals surface area contributed by atoms with Crippen molar-refractivity contribution >= 4 is 44.5 Å². The molecule has 2 heterocycles. The third-order valence-electron chi connectivity index (χ3n) is 4.66. The molecule has 0 fully saturated rings. The molecule has 1 N–H and O–H groups in total. The molecule has 4 rings (SSSR count). The lowest BCUT2D eigenvalue weighted by atomic mass is 10.1. The second-order valence-corrected chi connectivity index (χ2v) is 7.89. The van der Waals surface area contributed by atoms with Crippen LogP contribution in [0.3, 0.4) is 0 Å². The van der Waals surface area contributed by atoms with Crippen LogP contribution in [-0.4, -0.2) is 44.3 Å². The number of aromatic nitrogens is 4. The SMILES string of the molecule is CN(C)c1nnc2n(Cc3ccc(CC(=O)O)cc3)c(=O)c3cc(Br)ccc3n12. The van der Waals surface area contributed by atoms with Crippen molar-refractivity contribution < 1.29 is 9.90 Å². The Balaban J connectivity index is 1.90. The maximum absolute atomic E-state index is 13.3. The number of fused-ring (bicyclic) bond motifs is 3. The molecule has 0 bridgehead atoms. The molecule has 0 saturated carbocycles. The Morgan fingerprint density at radius 1 is 1.10 bits per heavy atom. The molecule has 0 saturated heterocycles. The summed E-state index contributed by atoms with van der Waals surface area (Å²) in [5, 5.41) is 18.0. The topological polar surface area (TPSA) is 92.7 Å². The van der Waals surface area contributed by atoms with Crippen LogP contribution in [0.4, 0.5) is 5.95 Å². The molecule has 0 aliphatic heterocycles.